The number of esters is 1. The molecule has 0 saturated heterocycles. The molecule has 160 valence electrons. The van der Waals surface area contributed by atoms with E-state index in [9.17, 15) is 9.90 Å². The molecule has 31 heavy (non-hydrogen) atoms. The van der Waals surface area contributed by atoms with Crippen LogP contribution in [0.4, 0.5) is 5.69 Å². The van der Waals surface area contributed by atoms with Gasteiger partial charge in [-0.3, -0.25) is 4.90 Å². The largest absolute Gasteiger partial charge is 0.463 e. The van der Waals surface area contributed by atoms with E-state index < -0.39 is 12.0 Å². The number of carbonyl (C=O) groups is 1. The number of aliphatic imine (C=N–C) groups is 1. The van der Waals surface area contributed by atoms with Crippen molar-refractivity contribution in [2.45, 2.75) is 26.8 Å². The normalized spacial score (nSPS) is 18.0. The number of hydrogen-bond donors (Lipinski definition) is 1. The fourth-order valence-corrected chi connectivity index (χ4v) is 3.99. The quantitative estimate of drug-likeness (QED) is 0.648. The Labute approximate surface area is 189 Å². The Morgan fingerprint density at radius 1 is 1.13 bits per heavy atom. The van der Waals surface area contributed by atoms with Crippen LogP contribution >= 0.6 is 15.9 Å². The molecule has 4 rings (SSSR count). The van der Waals surface area contributed by atoms with Crippen LogP contribution in [0.1, 0.15) is 31.0 Å². The van der Waals surface area contributed by atoms with Crippen molar-refractivity contribution in [2.75, 3.05) is 18.2 Å². The van der Waals surface area contributed by atoms with Gasteiger partial charge in [-0.15, -0.1) is 5.10 Å². The Kier molecular flexibility index (Phi) is 5.93. The second-order valence-corrected chi connectivity index (χ2v) is 8.19. The van der Waals surface area contributed by atoms with Crippen LogP contribution in [0, 0.1) is 6.92 Å². The monoisotopic (exact) mass is 482 g/mol. The molecule has 2 aromatic carbocycles. The minimum Gasteiger partial charge on any atom is -0.463 e. The number of anilines is 1. The molecular formula is C23H23BrN4O3. The number of aliphatic hydroxyl groups excluding tert-OH is 1. The Hall–Kier alpha value is -2.97. The third-order valence-electron chi connectivity index (χ3n) is 5.19. The number of carbonyl (C=O) groups excluding carboxylic acids is 1. The van der Waals surface area contributed by atoms with Crippen LogP contribution in [0.25, 0.3) is 0 Å². The molecule has 0 radical (unpaired) electrons. The lowest BCUT2D eigenvalue weighted by Crippen LogP contribution is -2.45. The summed E-state index contributed by atoms with van der Waals surface area (Å²) < 4.78 is 6.30. The molecule has 2 aliphatic heterocycles. The topological polar surface area (TPSA) is 77.7 Å². The Morgan fingerprint density at radius 2 is 1.81 bits per heavy atom. The first-order chi connectivity index (χ1) is 14.9. The molecule has 1 N–H and O–H groups in total. The van der Waals surface area contributed by atoms with Crippen LogP contribution in [-0.4, -0.2) is 41.0 Å². The molecular weight excluding hydrogens is 460 g/mol. The third kappa shape index (κ3) is 3.88. The highest BCUT2D eigenvalue weighted by molar-refractivity contribution is 9.10. The molecule has 2 heterocycles. The lowest BCUT2D eigenvalue weighted by Gasteiger charge is -2.35. The van der Waals surface area contributed by atoms with Crippen molar-refractivity contribution in [3.8, 4) is 0 Å². The smallest absolute Gasteiger partial charge is 0.338 e. The van der Waals surface area contributed by atoms with Crippen molar-refractivity contribution in [1.29, 1.82) is 0 Å². The number of fused-ring (bicyclic) bond motifs is 1. The maximum absolute atomic E-state index is 12.9. The Balaban J connectivity index is 1.88. The molecule has 0 saturated carbocycles. The van der Waals surface area contributed by atoms with Gasteiger partial charge < -0.3 is 9.84 Å². The fraction of sp³-hybridized carbons (Fsp3) is 0.261. The van der Waals surface area contributed by atoms with Crippen molar-refractivity contribution < 1.29 is 14.6 Å². The van der Waals surface area contributed by atoms with Gasteiger partial charge in [-0.2, -0.15) is 5.01 Å². The van der Waals surface area contributed by atoms with Gasteiger partial charge in [-0.05, 0) is 50.6 Å². The van der Waals surface area contributed by atoms with Crippen molar-refractivity contribution >= 4 is 39.4 Å². The van der Waals surface area contributed by atoms with E-state index in [0.29, 0.717) is 23.1 Å². The van der Waals surface area contributed by atoms with Crippen LogP contribution in [0.5, 0.6) is 0 Å². The van der Waals surface area contributed by atoms with Crippen LogP contribution < -0.4 is 5.01 Å². The zero-order valence-electron chi connectivity index (χ0n) is 17.5. The molecule has 2 aliphatic rings. The lowest BCUT2D eigenvalue weighted by molar-refractivity contribution is -0.139. The van der Waals surface area contributed by atoms with Crippen molar-refractivity contribution in [1.82, 2.24) is 4.90 Å². The van der Waals surface area contributed by atoms with Crippen LogP contribution in [0.3, 0.4) is 0 Å². The maximum Gasteiger partial charge on any atom is 0.338 e. The molecule has 2 aromatic rings. The first kappa shape index (κ1) is 21.3. The van der Waals surface area contributed by atoms with Gasteiger partial charge in [0.1, 0.15) is 6.61 Å². The van der Waals surface area contributed by atoms with Gasteiger partial charge in [0.15, 0.2) is 5.84 Å². The van der Waals surface area contributed by atoms with Crippen LogP contribution in [0.2, 0.25) is 0 Å². The predicted molar refractivity (Wildman–Crippen MR) is 124 cm³/mol. The minimum absolute atomic E-state index is 0.263. The third-order valence-corrected chi connectivity index (χ3v) is 5.72. The summed E-state index contributed by atoms with van der Waals surface area (Å²) in [6.45, 7) is 5.55. The summed E-state index contributed by atoms with van der Waals surface area (Å²) >= 11 is 3.45. The van der Waals surface area contributed by atoms with Crippen molar-refractivity contribution in [3.63, 3.8) is 0 Å². The summed E-state index contributed by atoms with van der Waals surface area (Å²) in [7, 11) is 0. The first-order valence-electron chi connectivity index (χ1n) is 10.0. The van der Waals surface area contributed by atoms with Gasteiger partial charge in [-0.25, -0.2) is 9.79 Å². The molecule has 0 aromatic heterocycles. The second-order valence-electron chi connectivity index (χ2n) is 7.28. The standard InChI is InChI=1S/C23H23BrN4O3/c1-4-31-22(30)20-15(3)25-23-27(21(20)16-7-5-14(2)6-8-16)19(13-29)26-28(23)18-11-9-17(24)10-12-18/h5-12,21,29H,4,13H2,1-3H3. The second kappa shape index (κ2) is 8.64. The number of hydrazone groups is 1. The summed E-state index contributed by atoms with van der Waals surface area (Å²) in [5.74, 6) is 0.511. The average Bonchev–Trinajstić information content (AvgIpc) is 3.12. The number of nitrogens with zero attached hydrogens (tertiary/aromatic N) is 4. The number of aliphatic hydroxyl groups is 1. The zero-order valence-corrected chi connectivity index (χ0v) is 19.1. The van der Waals surface area contributed by atoms with E-state index in [-0.39, 0.29) is 13.2 Å². The highest BCUT2D eigenvalue weighted by atomic mass is 79.9. The molecule has 0 aliphatic carbocycles. The molecule has 0 amide bonds. The van der Waals surface area contributed by atoms with E-state index in [1.165, 1.54) is 0 Å². The number of rotatable bonds is 5. The van der Waals surface area contributed by atoms with E-state index in [0.717, 1.165) is 21.3 Å². The molecule has 1 unspecified atom stereocenters. The van der Waals surface area contributed by atoms with Gasteiger partial charge in [0.05, 0.1) is 29.6 Å². The SMILES string of the molecule is CCOC(=O)C1=C(C)N=C2N(c3ccc(Br)cc3)N=C(CO)N2C1c1ccc(C)cc1. The molecule has 0 spiro atoms. The Morgan fingerprint density at radius 3 is 2.42 bits per heavy atom. The van der Waals surface area contributed by atoms with E-state index in [1.807, 2.05) is 60.4 Å². The van der Waals surface area contributed by atoms with Gasteiger partial charge in [0, 0.05) is 4.47 Å². The number of benzene rings is 2. The highest BCUT2D eigenvalue weighted by Gasteiger charge is 2.44. The number of allylic oxidation sites excluding steroid dienone is 1. The number of halogens is 1. The average molecular weight is 483 g/mol. The molecule has 8 heteroatoms. The maximum atomic E-state index is 12.9. The number of hydrogen-bond acceptors (Lipinski definition) is 7. The summed E-state index contributed by atoms with van der Waals surface area (Å²) in [5, 5.41) is 16.4. The molecule has 1 atom stereocenters. The summed E-state index contributed by atoms with van der Waals surface area (Å²) in [6, 6.07) is 15.1. The van der Waals surface area contributed by atoms with Crippen LogP contribution in [-0.2, 0) is 9.53 Å². The fourth-order valence-electron chi connectivity index (χ4n) is 3.72. The molecule has 0 fully saturated rings. The van der Waals surface area contributed by atoms with Gasteiger partial charge in [0.2, 0.25) is 5.96 Å². The number of ether oxygens (including phenoxy) is 1. The van der Waals surface area contributed by atoms with Gasteiger partial charge >= 0.3 is 5.97 Å². The number of amidine groups is 1. The first-order valence-corrected chi connectivity index (χ1v) is 10.8. The van der Waals surface area contributed by atoms with Gasteiger partial charge in [-0.1, -0.05) is 45.8 Å². The van der Waals surface area contributed by atoms with Crippen molar-refractivity contribution in [3.05, 3.63) is 75.4 Å². The lowest BCUT2D eigenvalue weighted by atomic mass is 9.93. The predicted octanol–water partition coefficient (Wildman–Crippen LogP) is 4.13. The Bertz CT molecular complexity index is 1090. The van der Waals surface area contributed by atoms with E-state index in [1.54, 1.807) is 18.9 Å². The minimum atomic E-state index is -0.515. The van der Waals surface area contributed by atoms with Gasteiger partial charge in [0.25, 0.3) is 0 Å². The highest BCUT2D eigenvalue weighted by Crippen LogP contribution is 2.40. The summed E-state index contributed by atoms with van der Waals surface area (Å²) in [5.41, 5.74) is 3.80. The van der Waals surface area contributed by atoms with Crippen LogP contribution in [0.15, 0.2) is 74.4 Å². The summed E-state index contributed by atoms with van der Waals surface area (Å²) in [4.78, 5) is 19.5. The summed E-state index contributed by atoms with van der Waals surface area (Å²) in [6.07, 6.45) is 0. The van der Waals surface area contributed by atoms with E-state index in [2.05, 4.69) is 21.0 Å². The number of aryl methyl sites for hydroxylation is 1. The molecule has 0 bridgehead atoms. The number of guanidine groups is 1. The zero-order chi connectivity index (χ0) is 22.1. The van der Waals surface area contributed by atoms with Crippen molar-refractivity contribution in [2.24, 2.45) is 10.1 Å². The van der Waals surface area contributed by atoms with E-state index in [4.69, 9.17) is 9.73 Å². The van der Waals surface area contributed by atoms with E-state index >= 15 is 0 Å². The molecule has 7 nitrogen and oxygen atoms in total.